The van der Waals surface area contributed by atoms with Crippen molar-refractivity contribution in [3.05, 3.63) is 199 Å². The highest BCUT2D eigenvalue weighted by atomic mass is 16.3. The highest BCUT2D eigenvalue weighted by molar-refractivity contribution is 6.17. The Labute approximate surface area is 320 Å². The molecule has 0 N–H and O–H groups in total. The molecule has 0 amide bonds. The molecule has 10 aromatic rings. The minimum Gasteiger partial charge on any atom is -0.455 e. The number of hydrogen-bond acceptors (Lipinski definition) is 2. The lowest BCUT2D eigenvalue weighted by Gasteiger charge is -2.27. The van der Waals surface area contributed by atoms with Crippen LogP contribution in [-0.2, 0) is 5.41 Å². The zero-order valence-electron chi connectivity index (χ0n) is 30.8. The van der Waals surface area contributed by atoms with Gasteiger partial charge in [-0.25, -0.2) is 0 Å². The molecule has 55 heavy (non-hydrogen) atoms. The van der Waals surface area contributed by atoms with Crippen LogP contribution in [0.2, 0.25) is 0 Å². The molecule has 0 bridgehead atoms. The van der Waals surface area contributed by atoms with Gasteiger partial charge in [0, 0.05) is 44.2 Å². The van der Waals surface area contributed by atoms with Crippen LogP contribution in [0, 0.1) is 0 Å². The van der Waals surface area contributed by atoms with Crippen molar-refractivity contribution in [1.29, 1.82) is 0 Å². The van der Waals surface area contributed by atoms with E-state index in [0.717, 1.165) is 55.5 Å². The summed E-state index contributed by atoms with van der Waals surface area (Å²) in [7, 11) is 0. The van der Waals surface area contributed by atoms with Crippen LogP contribution in [-0.4, -0.2) is 0 Å². The van der Waals surface area contributed by atoms with Crippen molar-refractivity contribution in [3.8, 4) is 33.4 Å². The topological polar surface area (TPSA) is 16.4 Å². The van der Waals surface area contributed by atoms with Gasteiger partial charge in [-0.3, -0.25) is 0 Å². The molecule has 0 radical (unpaired) electrons. The van der Waals surface area contributed by atoms with Crippen LogP contribution < -0.4 is 4.90 Å². The first-order valence-corrected chi connectivity index (χ1v) is 19.1. The third-order valence-electron chi connectivity index (χ3n) is 11.8. The minimum atomic E-state index is -0.0626. The van der Waals surface area contributed by atoms with E-state index in [1.54, 1.807) is 0 Å². The summed E-state index contributed by atoms with van der Waals surface area (Å²) in [6, 6.07) is 68.4. The molecule has 9 aromatic carbocycles. The van der Waals surface area contributed by atoms with Crippen LogP contribution in [0.25, 0.3) is 76.9 Å². The lowest BCUT2D eigenvalue weighted by molar-refractivity contribution is 0.660. The summed E-state index contributed by atoms with van der Waals surface area (Å²) < 4.78 is 6.79. The zero-order chi connectivity index (χ0) is 36.7. The fraction of sp³-hybridized carbons (Fsp3) is 0.0566. The third kappa shape index (κ3) is 4.95. The fourth-order valence-corrected chi connectivity index (χ4v) is 9.04. The number of anilines is 3. The molecule has 0 saturated heterocycles. The van der Waals surface area contributed by atoms with Crippen LogP contribution in [0.1, 0.15) is 25.0 Å². The molecule has 1 aliphatic rings. The first-order valence-electron chi connectivity index (χ1n) is 19.1. The number of nitrogens with zero attached hydrogens (tertiary/aromatic N) is 1. The molecule has 1 aromatic heterocycles. The van der Waals surface area contributed by atoms with E-state index in [0.29, 0.717) is 0 Å². The molecule has 0 spiro atoms. The Morgan fingerprint density at radius 3 is 1.84 bits per heavy atom. The summed E-state index contributed by atoms with van der Waals surface area (Å²) in [5, 5.41) is 7.01. The van der Waals surface area contributed by atoms with Crippen LogP contribution >= 0.6 is 0 Å². The monoisotopic (exact) mass is 703 g/mol. The summed E-state index contributed by atoms with van der Waals surface area (Å²) in [5.41, 5.74) is 15.1. The van der Waals surface area contributed by atoms with E-state index in [4.69, 9.17) is 4.42 Å². The molecule has 260 valence electrons. The Kier molecular flexibility index (Phi) is 6.93. The Hall–Kier alpha value is -6.90. The molecule has 0 atom stereocenters. The minimum absolute atomic E-state index is 0.0626. The normalized spacial score (nSPS) is 13.1. The lowest BCUT2D eigenvalue weighted by atomic mass is 9.81. The standard InChI is InChI=1S/C53H37NO/c1-53(2)49-23-8-7-20-45(49)46-28-26-38(33-50(46)53)37-15-9-17-40(31-37)54(42-27-24-34-12-3-4-14-36(34)30-42)41-18-10-16-39(32-41)44-21-11-22-47-48-29-25-35-13-5-6-19-43(35)51(48)55-52(44)47/h3-33H,1-2H3. The highest BCUT2D eigenvalue weighted by Crippen LogP contribution is 2.50. The van der Waals surface area contributed by atoms with Crippen LogP contribution in [0.3, 0.4) is 0 Å². The van der Waals surface area contributed by atoms with Crippen molar-refractivity contribution in [2.24, 2.45) is 0 Å². The van der Waals surface area contributed by atoms with Crippen molar-refractivity contribution in [3.63, 3.8) is 0 Å². The number of fused-ring (bicyclic) bond motifs is 9. The van der Waals surface area contributed by atoms with E-state index < -0.39 is 0 Å². The number of benzene rings is 9. The first-order chi connectivity index (χ1) is 27.0. The second-order valence-corrected chi connectivity index (χ2v) is 15.3. The number of hydrogen-bond donors (Lipinski definition) is 0. The molecular weight excluding hydrogens is 667 g/mol. The van der Waals surface area contributed by atoms with Crippen LogP contribution in [0.15, 0.2) is 192 Å². The van der Waals surface area contributed by atoms with Gasteiger partial charge in [-0.05, 0) is 104 Å². The number of para-hydroxylation sites is 1. The van der Waals surface area contributed by atoms with Gasteiger partial charge in [0.1, 0.15) is 11.2 Å². The molecule has 0 saturated carbocycles. The molecule has 0 fully saturated rings. The Morgan fingerprint density at radius 2 is 0.964 bits per heavy atom. The SMILES string of the molecule is CC1(C)c2ccccc2-c2ccc(-c3cccc(N(c4cccc(-c5cccc6c5oc5c7ccccc7ccc65)c4)c4ccc5ccccc5c4)c3)cc21. The predicted molar refractivity (Wildman–Crippen MR) is 232 cm³/mol. The highest BCUT2D eigenvalue weighted by Gasteiger charge is 2.35. The summed E-state index contributed by atoms with van der Waals surface area (Å²) >= 11 is 0. The molecule has 1 heterocycles. The molecule has 2 heteroatoms. The van der Waals surface area contributed by atoms with E-state index in [9.17, 15) is 0 Å². The molecule has 0 unspecified atom stereocenters. The van der Waals surface area contributed by atoms with Gasteiger partial charge in [0.05, 0.1) is 0 Å². The van der Waals surface area contributed by atoms with Gasteiger partial charge in [-0.1, -0.05) is 153 Å². The van der Waals surface area contributed by atoms with E-state index in [1.807, 2.05) is 0 Å². The van der Waals surface area contributed by atoms with Crippen molar-refractivity contribution in [2.75, 3.05) is 4.90 Å². The zero-order valence-corrected chi connectivity index (χ0v) is 30.8. The Bertz CT molecular complexity index is 3150. The Balaban J connectivity index is 1.06. The van der Waals surface area contributed by atoms with Crippen molar-refractivity contribution in [2.45, 2.75) is 19.3 Å². The fourth-order valence-electron chi connectivity index (χ4n) is 9.04. The summed E-state index contributed by atoms with van der Waals surface area (Å²) in [5.74, 6) is 0. The van der Waals surface area contributed by atoms with Gasteiger partial charge in [-0.2, -0.15) is 0 Å². The average Bonchev–Trinajstić information content (AvgIpc) is 3.73. The van der Waals surface area contributed by atoms with E-state index >= 15 is 0 Å². The van der Waals surface area contributed by atoms with E-state index in [2.05, 4.69) is 207 Å². The molecule has 1 aliphatic carbocycles. The maximum absolute atomic E-state index is 6.79. The van der Waals surface area contributed by atoms with Gasteiger partial charge in [0.15, 0.2) is 0 Å². The summed E-state index contributed by atoms with van der Waals surface area (Å²) in [6.45, 7) is 4.70. The van der Waals surface area contributed by atoms with Gasteiger partial charge in [-0.15, -0.1) is 0 Å². The van der Waals surface area contributed by atoms with Crippen LogP contribution in [0.5, 0.6) is 0 Å². The van der Waals surface area contributed by atoms with Gasteiger partial charge in [0.2, 0.25) is 0 Å². The van der Waals surface area contributed by atoms with Crippen LogP contribution in [0.4, 0.5) is 17.1 Å². The average molecular weight is 704 g/mol. The lowest BCUT2D eigenvalue weighted by Crippen LogP contribution is -2.14. The molecule has 0 aliphatic heterocycles. The third-order valence-corrected chi connectivity index (χ3v) is 11.8. The van der Waals surface area contributed by atoms with E-state index in [-0.39, 0.29) is 5.41 Å². The molecule has 2 nitrogen and oxygen atoms in total. The van der Waals surface area contributed by atoms with Gasteiger partial charge < -0.3 is 9.32 Å². The van der Waals surface area contributed by atoms with Crippen molar-refractivity contribution in [1.82, 2.24) is 0 Å². The van der Waals surface area contributed by atoms with E-state index in [1.165, 1.54) is 49.5 Å². The maximum atomic E-state index is 6.79. The second kappa shape index (κ2) is 12.1. The maximum Gasteiger partial charge on any atom is 0.143 e. The first kappa shape index (κ1) is 31.6. The molecule has 11 rings (SSSR count). The number of rotatable bonds is 5. The van der Waals surface area contributed by atoms with Crippen molar-refractivity contribution < 1.29 is 4.42 Å². The quantitative estimate of drug-likeness (QED) is 0.177. The summed E-state index contributed by atoms with van der Waals surface area (Å²) in [6.07, 6.45) is 0. The van der Waals surface area contributed by atoms with Gasteiger partial charge in [0.25, 0.3) is 0 Å². The van der Waals surface area contributed by atoms with Gasteiger partial charge >= 0.3 is 0 Å². The second-order valence-electron chi connectivity index (χ2n) is 15.3. The Morgan fingerprint density at radius 1 is 0.364 bits per heavy atom. The molecular formula is C53H37NO. The largest absolute Gasteiger partial charge is 0.455 e. The predicted octanol–water partition coefficient (Wildman–Crippen LogP) is 15.0. The number of furan rings is 1. The smallest absolute Gasteiger partial charge is 0.143 e. The van der Waals surface area contributed by atoms with Crippen molar-refractivity contribution >= 4 is 60.5 Å². The summed E-state index contributed by atoms with van der Waals surface area (Å²) in [4.78, 5) is 2.39.